The van der Waals surface area contributed by atoms with Gasteiger partial charge in [0.2, 0.25) is 0 Å². The molecular weight excluding hydrogens is 308 g/mol. The Kier molecular flexibility index (Phi) is 5.91. The molecule has 2 N–H and O–H groups in total. The third-order valence-electron chi connectivity index (χ3n) is 2.80. The fourth-order valence-electron chi connectivity index (χ4n) is 1.79. The summed E-state index contributed by atoms with van der Waals surface area (Å²) < 4.78 is 0. The van der Waals surface area contributed by atoms with Crippen LogP contribution in [-0.2, 0) is 0 Å². The molecule has 0 bridgehead atoms. The van der Waals surface area contributed by atoms with E-state index in [9.17, 15) is 9.59 Å². The predicted octanol–water partition coefficient (Wildman–Crippen LogP) is 1.67. The molecule has 0 fully saturated rings. The monoisotopic (exact) mass is 324 g/mol. The van der Waals surface area contributed by atoms with Gasteiger partial charge in [-0.1, -0.05) is 12.1 Å². The number of amides is 2. The maximum Gasteiger partial charge on any atom is 0.264 e. The van der Waals surface area contributed by atoms with Crippen molar-refractivity contribution >= 4 is 34.5 Å². The maximum absolute atomic E-state index is 12.2. The predicted molar refractivity (Wildman–Crippen MR) is 84.0 cm³/mol. The number of thiophene rings is 2. The zero-order chi connectivity index (χ0) is 15.1. The summed E-state index contributed by atoms with van der Waals surface area (Å²) in [5.74, 6) is -0.262. The first-order valence-corrected chi connectivity index (χ1v) is 8.23. The third kappa shape index (κ3) is 4.38. The van der Waals surface area contributed by atoms with Gasteiger partial charge in [-0.05, 0) is 22.9 Å². The van der Waals surface area contributed by atoms with Gasteiger partial charge in [0.25, 0.3) is 11.8 Å². The Morgan fingerprint density at radius 1 is 1.10 bits per heavy atom. The van der Waals surface area contributed by atoms with Crippen LogP contribution >= 0.6 is 22.7 Å². The molecule has 2 amide bonds. The molecule has 2 heterocycles. The van der Waals surface area contributed by atoms with E-state index in [-0.39, 0.29) is 25.0 Å². The highest BCUT2D eigenvalue weighted by atomic mass is 32.1. The Bertz CT molecular complexity index is 567. The number of hydrogen-bond acceptors (Lipinski definition) is 5. The van der Waals surface area contributed by atoms with E-state index in [2.05, 4.69) is 5.32 Å². The average molecular weight is 324 g/mol. The quantitative estimate of drug-likeness (QED) is 0.814. The molecule has 0 unspecified atom stereocenters. The maximum atomic E-state index is 12.2. The molecule has 7 heteroatoms. The van der Waals surface area contributed by atoms with Crippen LogP contribution in [0.1, 0.15) is 19.3 Å². The molecule has 2 rings (SSSR count). The van der Waals surface area contributed by atoms with Crippen molar-refractivity contribution < 1.29 is 14.7 Å². The lowest BCUT2D eigenvalue weighted by molar-refractivity contribution is 0.0721. The van der Waals surface area contributed by atoms with E-state index in [0.717, 1.165) is 0 Å². The Morgan fingerprint density at radius 3 is 2.33 bits per heavy atom. The van der Waals surface area contributed by atoms with E-state index in [4.69, 9.17) is 5.11 Å². The van der Waals surface area contributed by atoms with Crippen LogP contribution in [0, 0.1) is 0 Å². The second kappa shape index (κ2) is 7.92. The first-order chi connectivity index (χ1) is 10.2. The van der Waals surface area contributed by atoms with Gasteiger partial charge in [-0.3, -0.25) is 9.59 Å². The Morgan fingerprint density at radius 2 is 1.76 bits per heavy atom. The van der Waals surface area contributed by atoms with E-state index < -0.39 is 0 Å². The fraction of sp³-hybridized carbons (Fsp3) is 0.286. The van der Waals surface area contributed by atoms with Gasteiger partial charge in [0.1, 0.15) is 0 Å². The van der Waals surface area contributed by atoms with E-state index in [1.807, 2.05) is 22.9 Å². The van der Waals surface area contributed by atoms with E-state index in [1.54, 1.807) is 17.0 Å². The molecule has 0 aliphatic rings. The zero-order valence-electron chi connectivity index (χ0n) is 11.3. The van der Waals surface area contributed by atoms with Crippen LogP contribution in [0.15, 0.2) is 35.0 Å². The summed E-state index contributed by atoms with van der Waals surface area (Å²) in [6.07, 6.45) is 0. The molecule has 0 aromatic carbocycles. The van der Waals surface area contributed by atoms with E-state index >= 15 is 0 Å². The highest BCUT2D eigenvalue weighted by Crippen LogP contribution is 2.12. The van der Waals surface area contributed by atoms with Crippen LogP contribution in [0.2, 0.25) is 0 Å². The molecule has 0 saturated carbocycles. The number of hydrogen-bond donors (Lipinski definition) is 2. The normalized spacial score (nSPS) is 10.3. The summed E-state index contributed by atoms with van der Waals surface area (Å²) in [6, 6.07) is 7.13. The topological polar surface area (TPSA) is 69.6 Å². The summed E-state index contributed by atoms with van der Waals surface area (Å²) in [6.45, 7) is 0.879. The molecule has 0 atom stereocenters. The van der Waals surface area contributed by atoms with Crippen molar-refractivity contribution in [1.29, 1.82) is 0 Å². The third-order valence-corrected chi connectivity index (χ3v) is 4.53. The van der Waals surface area contributed by atoms with Crippen molar-refractivity contribution in [3.05, 3.63) is 44.8 Å². The Labute approximate surface area is 130 Å². The summed E-state index contributed by atoms with van der Waals surface area (Å²) in [5, 5.41) is 15.5. The minimum Gasteiger partial charge on any atom is -0.395 e. The number of rotatable bonds is 7. The molecule has 0 aliphatic carbocycles. The van der Waals surface area contributed by atoms with E-state index in [0.29, 0.717) is 22.8 Å². The zero-order valence-corrected chi connectivity index (χ0v) is 13.0. The van der Waals surface area contributed by atoms with Gasteiger partial charge in [0.15, 0.2) is 0 Å². The average Bonchev–Trinajstić information content (AvgIpc) is 3.18. The fourth-order valence-corrected chi connectivity index (χ4v) is 3.12. The number of carbonyl (C=O) groups is 2. The van der Waals surface area contributed by atoms with Crippen molar-refractivity contribution in [3.63, 3.8) is 0 Å². The minimum absolute atomic E-state index is 0.101. The van der Waals surface area contributed by atoms with E-state index in [1.165, 1.54) is 22.7 Å². The molecule has 0 aliphatic heterocycles. The number of nitrogens with one attached hydrogen (secondary N) is 1. The summed E-state index contributed by atoms with van der Waals surface area (Å²) >= 11 is 2.74. The summed E-state index contributed by atoms with van der Waals surface area (Å²) in [4.78, 5) is 26.8. The van der Waals surface area contributed by atoms with Gasteiger partial charge in [0.05, 0.1) is 16.4 Å². The van der Waals surface area contributed by atoms with Crippen LogP contribution in [-0.4, -0.2) is 48.1 Å². The molecule has 2 aromatic heterocycles. The van der Waals surface area contributed by atoms with Crippen molar-refractivity contribution in [2.45, 2.75) is 0 Å². The lowest BCUT2D eigenvalue weighted by Gasteiger charge is -2.21. The van der Waals surface area contributed by atoms with Crippen LogP contribution in [0.3, 0.4) is 0 Å². The molecule has 2 aromatic rings. The number of aliphatic hydroxyl groups is 1. The molecule has 21 heavy (non-hydrogen) atoms. The first-order valence-electron chi connectivity index (χ1n) is 6.47. The van der Waals surface area contributed by atoms with Gasteiger partial charge < -0.3 is 15.3 Å². The van der Waals surface area contributed by atoms with Gasteiger partial charge in [0, 0.05) is 19.6 Å². The van der Waals surface area contributed by atoms with Crippen molar-refractivity contribution in [1.82, 2.24) is 10.2 Å². The van der Waals surface area contributed by atoms with Crippen LogP contribution in [0.25, 0.3) is 0 Å². The number of nitrogens with zero attached hydrogens (tertiary/aromatic N) is 1. The molecule has 5 nitrogen and oxygen atoms in total. The number of aliphatic hydroxyl groups excluding tert-OH is 1. The first kappa shape index (κ1) is 15.7. The molecule has 0 radical (unpaired) electrons. The van der Waals surface area contributed by atoms with Gasteiger partial charge in [-0.2, -0.15) is 0 Å². The Balaban J connectivity index is 1.85. The number of carbonyl (C=O) groups excluding carboxylic acids is 2. The van der Waals surface area contributed by atoms with Crippen molar-refractivity contribution in [2.75, 3.05) is 26.2 Å². The lowest BCUT2D eigenvalue weighted by Crippen LogP contribution is -2.39. The van der Waals surface area contributed by atoms with Gasteiger partial charge in [-0.15, -0.1) is 22.7 Å². The summed E-state index contributed by atoms with van der Waals surface area (Å²) in [7, 11) is 0. The SMILES string of the molecule is O=C(NCCN(CCO)C(=O)c1cccs1)c1cccs1. The van der Waals surface area contributed by atoms with Crippen molar-refractivity contribution in [3.8, 4) is 0 Å². The Hall–Kier alpha value is -1.70. The second-order valence-corrected chi connectivity index (χ2v) is 6.12. The highest BCUT2D eigenvalue weighted by Gasteiger charge is 2.16. The minimum atomic E-state index is -0.141. The molecule has 0 saturated heterocycles. The second-order valence-electron chi connectivity index (χ2n) is 4.23. The van der Waals surface area contributed by atoms with Crippen LogP contribution < -0.4 is 5.32 Å². The van der Waals surface area contributed by atoms with Gasteiger partial charge in [-0.25, -0.2) is 0 Å². The smallest absolute Gasteiger partial charge is 0.264 e. The molecular formula is C14H16N2O3S2. The standard InChI is InChI=1S/C14H16N2O3S2/c17-8-7-16(14(19)12-4-2-10-21-12)6-5-15-13(18)11-3-1-9-20-11/h1-4,9-10,17H,5-8H2,(H,15,18). The molecule has 0 spiro atoms. The highest BCUT2D eigenvalue weighted by molar-refractivity contribution is 7.12. The molecule has 112 valence electrons. The lowest BCUT2D eigenvalue weighted by atomic mass is 10.3. The summed E-state index contributed by atoms with van der Waals surface area (Å²) in [5.41, 5.74) is 0. The van der Waals surface area contributed by atoms with Crippen LogP contribution in [0.5, 0.6) is 0 Å². The van der Waals surface area contributed by atoms with Crippen molar-refractivity contribution in [2.24, 2.45) is 0 Å². The van der Waals surface area contributed by atoms with Gasteiger partial charge >= 0.3 is 0 Å². The van der Waals surface area contributed by atoms with Crippen LogP contribution in [0.4, 0.5) is 0 Å². The largest absolute Gasteiger partial charge is 0.395 e.